The van der Waals surface area contributed by atoms with Crippen molar-refractivity contribution >= 4 is 29.5 Å². The van der Waals surface area contributed by atoms with Crippen molar-refractivity contribution in [2.45, 2.75) is 51.8 Å². The summed E-state index contributed by atoms with van der Waals surface area (Å²) in [4.78, 5) is 51.6. The number of ether oxygens (including phenoxy) is 1. The molecule has 1 aromatic rings. The molecule has 8 nitrogen and oxygen atoms in total. The second-order valence-electron chi connectivity index (χ2n) is 7.74. The van der Waals surface area contributed by atoms with Gasteiger partial charge in [0, 0.05) is 31.1 Å². The Labute approximate surface area is 157 Å². The molecule has 0 bridgehead atoms. The zero-order valence-electron chi connectivity index (χ0n) is 15.9. The van der Waals surface area contributed by atoms with E-state index in [1.54, 1.807) is 46.0 Å². The van der Waals surface area contributed by atoms with Crippen LogP contribution < -0.4 is 10.2 Å². The maximum Gasteiger partial charge on any atom is 0.414 e. The standard InChI is InChI=1S/C19H23N3O5/c1-19(2,3)27-18(26)21(4)13-7-5-6-11-12(13)10-22(17(11)25)14-8-9-15(23)20-16(14)24/h5-7,14H,8-10H2,1-4H3,(H,20,23,24). The number of carbonyl (C=O) groups is 4. The maximum absolute atomic E-state index is 12.8. The number of nitrogens with zero attached hydrogens (tertiary/aromatic N) is 2. The van der Waals surface area contributed by atoms with Crippen LogP contribution in [0.3, 0.4) is 0 Å². The topological polar surface area (TPSA) is 96.0 Å². The number of anilines is 1. The number of amides is 4. The zero-order valence-corrected chi connectivity index (χ0v) is 15.9. The third-order valence-corrected chi connectivity index (χ3v) is 4.59. The van der Waals surface area contributed by atoms with Gasteiger partial charge in [0.25, 0.3) is 5.91 Å². The van der Waals surface area contributed by atoms with Crippen molar-refractivity contribution in [2.24, 2.45) is 0 Å². The summed E-state index contributed by atoms with van der Waals surface area (Å²) >= 11 is 0. The average Bonchev–Trinajstić information content (AvgIpc) is 2.90. The van der Waals surface area contributed by atoms with Crippen LogP contribution >= 0.6 is 0 Å². The van der Waals surface area contributed by atoms with Gasteiger partial charge in [-0.05, 0) is 39.3 Å². The van der Waals surface area contributed by atoms with E-state index < -0.39 is 23.6 Å². The van der Waals surface area contributed by atoms with Crippen LogP contribution in [0.15, 0.2) is 18.2 Å². The number of rotatable bonds is 2. The summed E-state index contributed by atoms with van der Waals surface area (Å²) in [6, 6.07) is 4.42. The second-order valence-corrected chi connectivity index (χ2v) is 7.74. The van der Waals surface area contributed by atoms with Crippen molar-refractivity contribution in [3.8, 4) is 0 Å². The number of hydrogen-bond donors (Lipinski definition) is 1. The molecule has 1 aromatic carbocycles. The van der Waals surface area contributed by atoms with Crippen molar-refractivity contribution in [1.82, 2.24) is 10.2 Å². The number of fused-ring (bicyclic) bond motifs is 1. The lowest BCUT2D eigenvalue weighted by molar-refractivity contribution is -0.136. The first kappa shape index (κ1) is 18.9. The second kappa shape index (κ2) is 6.68. The Balaban J connectivity index is 1.87. The van der Waals surface area contributed by atoms with Gasteiger partial charge in [-0.1, -0.05) is 6.07 Å². The van der Waals surface area contributed by atoms with E-state index in [-0.39, 0.29) is 24.8 Å². The quantitative estimate of drug-likeness (QED) is 0.798. The Hall–Kier alpha value is -2.90. The third-order valence-electron chi connectivity index (χ3n) is 4.59. The molecule has 144 valence electrons. The van der Waals surface area contributed by atoms with Crippen LogP contribution in [-0.2, 0) is 20.9 Å². The number of piperidine rings is 1. The van der Waals surface area contributed by atoms with Gasteiger partial charge in [-0.15, -0.1) is 0 Å². The van der Waals surface area contributed by atoms with Crippen LogP contribution in [0.1, 0.15) is 49.5 Å². The zero-order chi connectivity index (χ0) is 19.9. The number of nitrogens with one attached hydrogen (secondary N) is 1. The third kappa shape index (κ3) is 3.65. The Morgan fingerprint density at radius 3 is 2.59 bits per heavy atom. The first-order valence-corrected chi connectivity index (χ1v) is 8.82. The van der Waals surface area contributed by atoms with Gasteiger partial charge in [-0.25, -0.2) is 4.79 Å². The van der Waals surface area contributed by atoms with Crippen molar-refractivity contribution in [1.29, 1.82) is 0 Å². The number of carbonyl (C=O) groups excluding carboxylic acids is 4. The van der Waals surface area contributed by atoms with E-state index >= 15 is 0 Å². The molecular formula is C19H23N3O5. The molecule has 0 aliphatic carbocycles. The van der Waals surface area contributed by atoms with E-state index in [0.29, 0.717) is 23.2 Å². The molecule has 1 N–H and O–H groups in total. The summed E-state index contributed by atoms with van der Waals surface area (Å²) in [5.41, 5.74) is 1.04. The first-order valence-electron chi connectivity index (χ1n) is 8.82. The Morgan fingerprint density at radius 1 is 1.26 bits per heavy atom. The minimum Gasteiger partial charge on any atom is -0.443 e. The van der Waals surface area contributed by atoms with Crippen LogP contribution in [0.25, 0.3) is 0 Å². The molecule has 2 heterocycles. The fourth-order valence-corrected chi connectivity index (χ4v) is 3.31. The first-order chi connectivity index (χ1) is 12.6. The Kier molecular flexibility index (Phi) is 4.67. The molecule has 0 saturated carbocycles. The van der Waals surface area contributed by atoms with Gasteiger partial charge in [0.1, 0.15) is 11.6 Å². The molecule has 27 heavy (non-hydrogen) atoms. The van der Waals surface area contributed by atoms with Crippen LogP contribution in [0.4, 0.5) is 10.5 Å². The summed E-state index contributed by atoms with van der Waals surface area (Å²) < 4.78 is 5.40. The van der Waals surface area contributed by atoms with E-state index in [9.17, 15) is 19.2 Å². The molecule has 2 aliphatic rings. The molecule has 4 amide bonds. The van der Waals surface area contributed by atoms with E-state index in [1.165, 1.54) is 9.80 Å². The lowest BCUT2D eigenvalue weighted by Crippen LogP contribution is -2.52. The van der Waals surface area contributed by atoms with Gasteiger partial charge in [0.15, 0.2) is 0 Å². The van der Waals surface area contributed by atoms with Gasteiger partial charge in [0.05, 0.1) is 5.69 Å². The van der Waals surface area contributed by atoms with Crippen LogP contribution in [0.2, 0.25) is 0 Å². The maximum atomic E-state index is 12.8. The molecule has 1 atom stereocenters. The highest BCUT2D eigenvalue weighted by molar-refractivity contribution is 6.06. The van der Waals surface area contributed by atoms with Crippen molar-refractivity contribution in [3.63, 3.8) is 0 Å². The fraction of sp³-hybridized carbons (Fsp3) is 0.474. The SMILES string of the molecule is CN(C(=O)OC(C)(C)C)c1cccc2c1CN(C1CCC(=O)NC1=O)C2=O. The molecule has 0 aromatic heterocycles. The van der Waals surface area contributed by atoms with Crippen molar-refractivity contribution < 1.29 is 23.9 Å². The van der Waals surface area contributed by atoms with Gasteiger partial charge < -0.3 is 9.64 Å². The lowest BCUT2D eigenvalue weighted by atomic mass is 10.0. The molecule has 3 rings (SSSR count). The smallest absolute Gasteiger partial charge is 0.414 e. The van der Waals surface area contributed by atoms with E-state index in [0.717, 1.165) is 0 Å². The van der Waals surface area contributed by atoms with Gasteiger partial charge >= 0.3 is 6.09 Å². The lowest BCUT2D eigenvalue weighted by Gasteiger charge is -2.29. The summed E-state index contributed by atoms with van der Waals surface area (Å²) in [5.74, 6) is -1.07. The molecule has 0 spiro atoms. The molecule has 8 heteroatoms. The highest BCUT2D eigenvalue weighted by atomic mass is 16.6. The summed E-state index contributed by atoms with van der Waals surface area (Å²) in [6.07, 6.45) is -0.0363. The molecule has 0 radical (unpaired) electrons. The Morgan fingerprint density at radius 2 is 1.96 bits per heavy atom. The molecule has 2 aliphatic heterocycles. The van der Waals surface area contributed by atoms with Crippen LogP contribution in [0.5, 0.6) is 0 Å². The van der Waals surface area contributed by atoms with Crippen LogP contribution in [-0.4, -0.2) is 47.4 Å². The highest BCUT2D eigenvalue weighted by Crippen LogP contribution is 2.34. The molecule has 1 unspecified atom stereocenters. The Bertz CT molecular complexity index is 827. The minimum atomic E-state index is -0.692. The number of hydrogen-bond acceptors (Lipinski definition) is 5. The van der Waals surface area contributed by atoms with Gasteiger partial charge in [-0.2, -0.15) is 0 Å². The normalized spacial score (nSPS) is 19.6. The van der Waals surface area contributed by atoms with Crippen molar-refractivity contribution in [2.75, 3.05) is 11.9 Å². The summed E-state index contributed by atoms with van der Waals surface area (Å²) in [6.45, 7) is 5.54. The van der Waals surface area contributed by atoms with Gasteiger partial charge in [-0.3, -0.25) is 24.6 Å². The largest absolute Gasteiger partial charge is 0.443 e. The van der Waals surface area contributed by atoms with Crippen molar-refractivity contribution in [3.05, 3.63) is 29.3 Å². The molecule has 1 saturated heterocycles. The average molecular weight is 373 g/mol. The number of imide groups is 1. The summed E-state index contributed by atoms with van der Waals surface area (Å²) in [7, 11) is 1.59. The summed E-state index contributed by atoms with van der Waals surface area (Å²) in [5, 5.41) is 2.28. The molecular weight excluding hydrogens is 350 g/mol. The predicted octanol–water partition coefficient (Wildman–Crippen LogP) is 1.82. The van der Waals surface area contributed by atoms with E-state index in [1.807, 2.05) is 0 Å². The predicted molar refractivity (Wildman–Crippen MR) is 97.1 cm³/mol. The van der Waals surface area contributed by atoms with E-state index in [2.05, 4.69) is 5.32 Å². The van der Waals surface area contributed by atoms with E-state index in [4.69, 9.17) is 4.74 Å². The number of benzene rings is 1. The molecule has 1 fully saturated rings. The van der Waals surface area contributed by atoms with Gasteiger partial charge in [0.2, 0.25) is 11.8 Å². The fourth-order valence-electron chi connectivity index (χ4n) is 3.31. The minimum absolute atomic E-state index is 0.196. The monoisotopic (exact) mass is 373 g/mol. The highest BCUT2D eigenvalue weighted by Gasteiger charge is 2.40. The van der Waals surface area contributed by atoms with Crippen LogP contribution in [0, 0.1) is 0 Å².